The third kappa shape index (κ3) is 4.61. The molecule has 202 valence electrons. The second kappa shape index (κ2) is 9.70. The number of pyridine rings is 1. The molecule has 0 fully saturated rings. The van der Waals surface area contributed by atoms with Crippen molar-refractivity contribution in [3.63, 3.8) is 0 Å². The van der Waals surface area contributed by atoms with Gasteiger partial charge in [0.2, 0.25) is 0 Å². The zero-order valence-corrected chi connectivity index (χ0v) is 22.9. The molecule has 5 rings (SSSR count). The van der Waals surface area contributed by atoms with E-state index in [9.17, 15) is 18.7 Å². The summed E-state index contributed by atoms with van der Waals surface area (Å²) in [5.41, 5.74) is 2.86. The van der Waals surface area contributed by atoms with E-state index in [0.29, 0.717) is 30.9 Å². The van der Waals surface area contributed by atoms with E-state index in [1.807, 2.05) is 41.3 Å². The van der Waals surface area contributed by atoms with Gasteiger partial charge in [-0.15, -0.1) is 0 Å². The summed E-state index contributed by atoms with van der Waals surface area (Å²) in [4.78, 5) is 22.2. The third-order valence-corrected chi connectivity index (χ3v) is 8.05. The van der Waals surface area contributed by atoms with Gasteiger partial charge in [-0.2, -0.15) is 5.10 Å². The molecule has 0 saturated carbocycles. The SMILES string of the molecule is C[C@@H]1Cc2nn3c(c2CN1Cc1ccc(Cl)c(F)c1F)C(=O)N([C@@H](C)c1ccc(C(C)(C)O)nc1)C[C@H]3C. The number of aliphatic hydroxyl groups is 1. The van der Waals surface area contributed by atoms with Crippen molar-refractivity contribution in [1.29, 1.82) is 0 Å². The second-order valence-corrected chi connectivity index (χ2v) is 11.4. The maximum Gasteiger partial charge on any atom is 0.273 e. The van der Waals surface area contributed by atoms with Crippen molar-refractivity contribution in [2.45, 2.75) is 77.9 Å². The molecule has 1 N–H and O–H groups in total. The highest BCUT2D eigenvalue weighted by molar-refractivity contribution is 6.30. The van der Waals surface area contributed by atoms with Crippen LogP contribution >= 0.6 is 11.6 Å². The van der Waals surface area contributed by atoms with Crippen molar-refractivity contribution in [2.75, 3.05) is 6.54 Å². The number of fused-ring (bicyclic) bond motifs is 3. The molecular formula is C28H32ClF2N5O2. The standard InChI is InChI=1S/C28H32ClF2N5O2/c1-15-10-22-20(14-34(15)13-19-6-8-21(29)25(31)24(19)30)26-27(37)35(12-16(2)36(26)33-22)17(3)18-7-9-23(32-11-18)28(4,5)38/h6-9,11,15-17,38H,10,12-14H2,1-5H3/t15-,16-,17+/m1/s1. The zero-order chi connectivity index (χ0) is 27.5. The number of aromatic nitrogens is 3. The molecule has 2 aromatic heterocycles. The van der Waals surface area contributed by atoms with Crippen LogP contribution in [0.5, 0.6) is 0 Å². The van der Waals surface area contributed by atoms with Gasteiger partial charge < -0.3 is 10.0 Å². The quantitative estimate of drug-likeness (QED) is 0.450. The lowest BCUT2D eigenvalue weighted by Gasteiger charge is -2.37. The molecule has 0 radical (unpaired) electrons. The van der Waals surface area contributed by atoms with Crippen molar-refractivity contribution in [3.05, 3.63) is 80.9 Å². The Hall–Kier alpha value is -2.88. The molecule has 3 atom stereocenters. The highest BCUT2D eigenvalue weighted by atomic mass is 35.5. The Labute approximate surface area is 226 Å². The molecule has 2 aliphatic heterocycles. The molecule has 1 amide bonds. The number of rotatable bonds is 5. The molecule has 0 unspecified atom stereocenters. The Balaban J connectivity index is 1.43. The van der Waals surface area contributed by atoms with Crippen LogP contribution in [0.4, 0.5) is 8.78 Å². The Morgan fingerprint density at radius 1 is 1.16 bits per heavy atom. The number of halogens is 3. The van der Waals surface area contributed by atoms with Crippen LogP contribution in [-0.4, -0.2) is 48.2 Å². The second-order valence-electron chi connectivity index (χ2n) is 11.0. The van der Waals surface area contributed by atoms with E-state index in [2.05, 4.69) is 4.98 Å². The maximum absolute atomic E-state index is 14.6. The van der Waals surface area contributed by atoms with Crippen molar-refractivity contribution >= 4 is 17.5 Å². The van der Waals surface area contributed by atoms with Crippen LogP contribution in [0.25, 0.3) is 0 Å². The van der Waals surface area contributed by atoms with Crippen LogP contribution in [0.1, 0.15) is 85.3 Å². The normalized spacial score (nSPS) is 20.9. The molecule has 2 aliphatic rings. The molecule has 0 aliphatic carbocycles. The minimum atomic E-state index is -1.05. The predicted octanol–water partition coefficient (Wildman–Crippen LogP) is 5.16. The van der Waals surface area contributed by atoms with Crippen LogP contribution < -0.4 is 0 Å². The number of nitrogens with zero attached hydrogens (tertiary/aromatic N) is 5. The Bertz CT molecular complexity index is 1390. The molecule has 4 heterocycles. The monoisotopic (exact) mass is 543 g/mol. The van der Waals surface area contributed by atoms with Gasteiger partial charge in [0.1, 0.15) is 11.3 Å². The summed E-state index contributed by atoms with van der Waals surface area (Å²) in [5.74, 6) is -2.10. The third-order valence-electron chi connectivity index (χ3n) is 7.76. The molecule has 7 nitrogen and oxygen atoms in total. The Morgan fingerprint density at radius 2 is 1.89 bits per heavy atom. The van der Waals surface area contributed by atoms with Gasteiger partial charge in [-0.05, 0) is 52.3 Å². The van der Waals surface area contributed by atoms with Crippen molar-refractivity contribution in [1.82, 2.24) is 24.6 Å². The van der Waals surface area contributed by atoms with E-state index >= 15 is 0 Å². The number of hydrogen-bond acceptors (Lipinski definition) is 5. The van der Waals surface area contributed by atoms with Crippen molar-refractivity contribution in [2.24, 2.45) is 0 Å². The van der Waals surface area contributed by atoms with E-state index in [-0.39, 0.29) is 41.2 Å². The lowest BCUT2D eigenvalue weighted by Crippen LogP contribution is -2.44. The Morgan fingerprint density at radius 3 is 2.55 bits per heavy atom. The first-order valence-corrected chi connectivity index (χ1v) is 13.2. The fourth-order valence-corrected chi connectivity index (χ4v) is 5.53. The Kier molecular flexibility index (Phi) is 6.82. The lowest BCUT2D eigenvalue weighted by atomic mass is 9.96. The summed E-state index contributed by atoms with van der Waals surface area (Å²) in [6.07, 6.45) is 2.31. The van der Waals surface area contributed by atoms with Gasteiger partial charge >= 0.3 is 0 Å². The van der Waals surface area contributed by atoms with Crippen LogP contribution in [0.3, 0.4) is 0 Å². The van der Waals surface area contributed by atoms with E-state index < -0.39 is 17.2 Å². The molecule has 0 saturated heterocycles. The van der Waals surface area contributed by atoms with Gasteiger partial charge in [0.05, 0.1) is 28.5 Å². The van der Waals surface area contributed by atoms with Crippen LogP contribution in [0, 0.1) is 11.6 Å². The smallest absolute Gasteiger partial charge is 0.273 e. The first-order valence-electron chi connectivity index (χ1n) is 12.8. The minimum absolute atomic E-state index is 0.0263. The van der Waals surface area contributed by atoms with Crippen LogP contribution in [0.15, 0.2) is 30.5 Å². The number of carbonyl (C=O) groups excluding carboxylic acids is 1. The van der Waals surface area contributed by atoms with E-state index in [0.717, 1.165) is 16.8 Å². The lowest BCUT2D eigenvalue weighted by molar-refractivity contribution is 0.0580. The summed E-state index contributed by atoms with van der Waals surface area (Å²) >= 11 is 5.73. The first-order chi connectivity index (χ1) is 17.9. The largest absolute Gasteiger partial charge is 0.384 e. The number of carbonyl (C=O) groups is 1. The van der Waals surface area contributed by atoms with Crippen LogP contribution in [0.2, 0.25) is 5.02 Å². The minimum Gasteiger partial charge on any atom is -0.384 e. The highest BCUT2D eigenvalue weighted by Gasteiger charge is 2.39. The average molecular weight is 544 g/mol. The van der Waals surface area contributed by atoms with E-state index in [1.54, 1.807) is 26.1 Å². The van der Waals surface area contributed by atoms with Gasteiger partial charge in [-0.3, -0.25) is 19.4 Å². The van der Waals surface area contributed by atoms with Crippen LogP contribution in [-0.2, 0) is 25.1 Å². The fourth-order valence-electron chi connectivity index (χ4n) is 5.39. The van der Waals surface area contributed by atoms with E-state index in [4.69, 9.17) is 16.7 Å². The molecular weight excluding hydrogens is 512 g/mol. The summed E-state index contributed by atoms with van der Waals surface area (Å²) < 4.78 is 30.5. The summed E-state index contributed by atoms with van der Waals surface area (Å²) in [5, 5.41) is 14.8. The topological polar surface area (TPSA) is 74.5 Å². The van der Waals surface area contributed by atoms with Gasteiger partial charge in [-0.1, -0.05) is 23.7 Å². The number of hydrogen-bond donors (Lipinski definition) is 1. The number of amides is 1. The van der Waals surface area contributed by atoms with Gasteiger partial charge in [0.15, 0.2) is 11.6 Å². The summed E-state index contributed by atoms with van der Waals surface area (Å²) in [6.45, 7) is 10.5. The molecule has 10 heteroatoms. The summed E-state index contributed by atoms with van der Waals surface area (Å²) in [7, 11) is 0. The predicted molar refractivity (Wildman–Crippen MR) is 140 cm³/mol. The molecule has 38 heavy (non-hydrogen) atoms. The number of benzene rings is 1. The van der Waals surface area contributed by atoms with Crippen molar-refractivity contribution < 1.29 is 18.7 Å². The van der Waals surface area contributed by atoms with Gasteiger partial charge in [0.25, 0.3) is 5.91 Å². The maximum atomic E-state index is 14.6. The van der Waals surface area contributed by atoms with E-state index in [1.165, 1.54) is 12.1 Å². The van der Waals surface area contributed by atoms with Gasteiger partial charge in [0, 0.05) is 49.4 Å². The van der Waals surface area contributed by atoms with Gasteiger partial charge in [-0.25, -0.2) is 8.78 Å². The zero-order valence-electron chi connectivity index (χ0n) is 22.2. The first kappa shape index (κ1) is 26.7. The average Bonchev–Trinajstić information content (AvgIpc) is 3.24. The molecule has 3 aromatic rings. The molecule has 0 spiro atoms. The highest BCUT2D eigenvalue weighted by Crippen LogP contribution is 2.35. The summed E-state index contributed by atoms with van der Waals surface area (Å²) in [6, 6.07) is 6.30. The molecule has 1 aromatic carbocycles. The molecule has 0 bridgehead atoms. The fraction of sp³-hybridized carbons (Fsp3) is 0.464. The van der Waals surface area contributed by atoms with Crippen molar-refractivity contribution in [3.8, 4) is 0 Å².